The Labute approximate surface area is 44.7 Å². The van der Waals surface area contributed by atoms with Gasteiger partial charge in [0.15, 0.2) is 0 Å². The maximum Gasteiger partial charge on any atom is 0.132 e. The first-order valence-corrected chi connectivity index (χ1v) is 2.31. The van der Waals surface area contributed by atoms with Crippen LogP contribution in [0.5, 0.6) is 0 Å². The third kappa shape index (κ3) is 2.38. The zero-order valence-corrected chi connectivity index (χ0v) is 4.61. The van der Waals surface area contributed by atoms with Crippen LogP contribution in [0.1, 0.15) is 13.3 Å². The van der Waals surface area contributed by atoms with Gasteiger partial charge < -0.3 is 0 Å². The van der Waals surface area contributed by atoms with Crippen LogP contribution in [0, 0.1) is 19.8 Å². The van der Waals surface area contributed by atoms with Crippen LogP contribution < -0.4 is 0 Å². The van der Waals surface area contributed by atoms with Gasteiger partial charge in [-0.3, -0.25) is 4.79 Å². The average Bonchev–Trinajstić information content (AvgIpc) is 1.65. The summed E-state index contributed by atoms with van der Waals surface area (Å²) in [4.78, 5) is 10.3. The molecule has 0 aromatic rings. The maximum atomic E-state index is 10.3. The molecule has 0 aliphatic heterocycles. The Morgan fingerprint density at radius 2 is 2.29 bits per heavy atom. The summed E-state index contributed by atoms with van der Waals surface area (Å²) >= 11 is 0. The van der Waals surface area contributed by atoms with E-state index in [2.05, 4.69) is 13.8 Å². The van der Waals surface area contributed by atoms with E-state index in [1.54, 1.807) is 0 Å². The van der Waals surface area contributed by atoms with Gasteiger partial charge in [-0.15, -0.1) is 0 Å². The summed E-state index contributed by atoms with van der Waals surface area (Å²) in [5.74, 6) is 0.0231. The lowest BCUT2D eigenvalue weighted by Crippen LogP contribution is -2.03. The Morgan fingerprint density at radius 3 is 2.29 bits per heavy atom. The van der Waals surface area contributed by atoms with Crippen LogP contribution in [0.2, 0.25) is 0 Å². The molecule has 0 fully saturated rings. The van der Waals surface area contributed by atoms with Gasteiger partial charge in [0.2, 0.25) is 0 Å². The van der Waals surface area contributed by atoms with Crippen LogP contribution in [0.4, 0.5) is 0 Å². The molecule has 0 saturated heterocycles. The van der Waals surface area contributed by atoms with E-state index >= 15 is 0 Å². The number of carbonyl (C=O) groups excluding carboxylic acids is 1. The third-order valence-electron chi connectivity index (χ3n) is 0.923. The number of Topliss-reactive ketones (excluding diaryl/α,β-unsaturated/α-hetero) is 1. The van der Waals surface area contributed by atoms with E-state index in [0.29, 0.717) is 6.42 Å². The summed E-state index contributed by atoms with van der Waals surface area (Å²) in [7, 11) is 0. The molecule has 0 rings (SSSR count). The molecule has 0 bridgehead atoms. The van der Waals surface area contributed by atoms with Crippen molar-refractivity contribution in [2.75, 3.05) is 0 Å². The van der Waals surface area contributed by atoms with Gasteiger partial charge in [0.25, 0.3) is 0 Å². The molecule has 7 heavy (non-hydrogen) atoms. The van der Waals surface area contributed by atoms with Crippen molar-refractivity contribution in [3.8, 4) is 0 Å². The summed E-state index contributed by atoms with van der Waals surface area (Å²) in [5.41, 5.74) is 0. The molecule has 0 saturated carbocycles. The molecule has 0 heterocycles. The minimum Gasteiger partial charge on any atom is -0.300 e. The second-order valence-electron chi connectivity index (χ2n) is 1.60. The molecule has 0 amide bonds. The number of hydrogen-bond acceptors (Lipinski definition) is 1. The fourth-order valence-electron chi connectivity index (χ4n) is 0.203. The van der Waals surface area contributed by atoms with Crippen LogP contribution in [0.25, 0.3) is 0 Å². The molecule has 1 heteroatoms. The van der Waals surface area contributed by atoms with Gasteiger partial charge in [-0.05, 0) is 20.3 Å². The second kappa shape index (κ2) is 2.78. The van der Waals surface area contributed by atoms with Gasteiger partial charge in [-0.1, -0.05) is 6.92 Å². The predicted octanol–water partition coefficient (Wildman–Crippen LogP) is 1.25. The zero-order valence-electron chi connectivity index (χ0n) is 4.61. The lowest BCUT2D eigenvalue weighted by atomic mass is 10.1. The lowest BCUT2D eigenvalue weighted by molar-refractivity contribution is -0.119. The average molecular weight is 98.1 g/mol. The summed E-state index contributed by atoms with van der Waals surface area (Å²) < 4.78 is 0. The lowest BCUT2D eigenvalue weighted by Gasteiger charge is -1.97. The Kier molecular flexibility index (Phi) is 2.65. The van der Waals surface area contributed by atoms with Crippen molar-refractivity contribution in [1.82, 2.24) is 0 Å². The summed E-state index contributed by atoms with van der Waals surface area (Å²) in [5, 5.41) is 0. The Morgan fingerprint density at radius 1 is 1.86 bits per heavy atom. The van der Waals surface area contributed by atoms with Gasteiger partial charge in [0, 0.05) is 5.92 Å². The fourth-order valence-corrected chi connectivity index (χ4v) is 0.203. The van der Waals surface area contributed by atoms with Gasteiger partial charge in [-0.2, -0.15) is 0 Å². The highest BCUT2D eigenvalue weighted by atomic mass is 16.1. The highest BCUT2D eigenvalue weighted by molar-refractivity contribution is 5.78. The maximum absolute atomic E-state index is 10.3. The van der Waals surface area contributed by atoms with Crippen molar-refractivity contribution in [3.05, 3.63) is 13.8 Å². The Bertz CT molecular complexity index is 66.6. The molecule has 1 nitrogen and oxygen atoms in total. The van der Waals surface area contributed by atoms with Crippen LogP contribution >= 0.6 is 0 Å². The number of rotatable bonds is 2. The molecular formula is C6H10O. The molecule has 0 aromatic carbocycles. The molecule has 0 aromatic heterocycles. The Balaban J connectivity index is 3.34. The van der Waals surface area contributed by atoms with E-state index < -0.39 is 0 Å². The van der Waals surface area contributed by atoms with Gasteiger partial charge in [-0.25, -0.2) is 0 Å². The predicted molar refractivity (Wildman–Crippen MR) is 29.5 cm³/mol. The second-order valence-corrected chi connectivity index (χ2v) is 1.60. The van der Waals surface area contributed by atoms with Crippen molar-refractivity contribution in [1.29, 1.82) is 0 Å². The van der Waals surface area contributed by atoms with Crippen molar-refractivity contribution in [2.24, 2.45) is 5.92 Å². The van der Waals surface area contributed by atoms with Crippen LogP contribution in [-0.4, -0.2) is 5.78 Å². The highest BCUT2D eigenvalue weighted by Crippen LogP contribution is 1.98. The molecule has 0 aliphatic rings. The third-order valence-corrected chi connectivity index (χ3v) is 0.923. The fraction of sp³-hybridized carbons (Fsp3) is 0.500. The number of hydrogen-bond donors (Lipinski definition) is 0. The molecule has 0 spiro atoms. The summed E-state index contributed by atoms with van der Waals surface area (Å²) in [6.45, 7) is 8.60. The largest absolute Gasteiger partial charge is 0.300 e. The van der Waals surface area contributed by atoms with Crippen molar-refractivity contribution in [3.63, 3.8) is 0 Å². The van der Waals surface area contributed by atoms with Crippen LogP contribution in [0.15, 0.2) is 0 Å². The van der Waals surface area contributed by atoms with E-state index in [1.165, 1.54) is 6.92 Å². The summed E-state index contributed by atoms with van der Waals surface area (Å²) in [6.07, 6.45) is 0.606. The molecule has 2 radical (unpaired) electrons. The molecule has 1 atom stereocenters. The van der Waals surface area contributed by atoms with Gasteiger partial charge in [0.1, 0.15) is 5.78 Å². The van der Waals surface area contributed by atoms with Crippen LogP contribution in [0.3, 0.4) is 0 Å². The van der Waals surface area contributed by atoms with Crippen LogP contribution in [-0.2, 0) is 4.79 Å². The first kappa shape index (κ1) is 6.67. The monoisotopic (exact) mass is 98.1 g/mol. The van der Waals surface area contributed by atoms with E-state index in [1.807, 2.05) is 0 Å². The number of carbonyl (C=O) groups is 1. The quantitative estimate of drug-likeness (QED) is 0.508. The first-order chi connectivity index (χ1) is 3.18. The molecule has 0 aliphatic carbocycles. The molecule has 1 unspecified atom stereocenters. The zero-order chi connectivity index (χ0) is 5.86. The molecule has 40 valence electrons. The molecule has 0 N–H and O–H groups in total. The normalized spacial score (nSPS) is 13.6. The minimum absolute atomic E-state index is 0.0972. The van der Waals surface area contributed by atoms with E-state index in [0.717, 1.165) is 0 Å². The standard InChI is InChI=1S/C6H10O/c1-4-5(2)6(3)7/h5H,1-2,4H2,3H3. The van der Waals surface area contributed by atoms with E-state index in [-0.39, 0.29) is 11.7 Å². The smallest absolute Gasteiger partial charge is 0.132 e. The highest BCUT2D eigenvalue weighted by Gasteiger charge is 2.01. The first-order valence-electron chi connectivity index (χ1n) is 2.31. The minimum atomic E-state index is -0.0972. The SMILES string of the molecule is [CH2]CC([CH2])C(C)=O. The van der Waals surface area contributed by atoms with Crippen molar-refractivity contribution < 1.29 is 4.79 Å². The Hall–Kier alpha value is -0.330. The van der Waals surface area contributed by atoms with Gasteiger partial charge >= 0.3 is 0 Å². The summed E-state index contributed by atoms with van der Waals surface area (Å²) in [6, 6.07) is 0. The van der Waals surface area contributed by atoms with Crippen molar-refractivity contribution >= 4 is 5.78 Å². The van der Waals surface area contributed by atoms with E-state index in [9.17, 15) is 4.79 Å². The topological polar surface area (TPSA) is 17.1 Å². The molecular weight excluding hydrogens is 88.1 g/mol. The van der Waals surface area contributed by atoms with Crippen molar-refractivity contribution in [2.45, 2.75) is 13.3 Å². The number of ketones is 1. The van der Waals surface area contributed by atoms with Gasteiger partial charge in [0.05, 0.1) is 0 Å². The van der Waals surface area contributed by atoms with E-state index in [4.69, 9.17) is 0 Å².